The number of rotatable bonds is 6. The molecule has 0 bridgehead atoms. The molecule has 0 saturated carbocycles. The molecule has 1 aromatic rings. The summed E-state index contributed by atoms with van der Waals surface area (Å²) in [4.78, 5) is 5.16. The molecule has 102 valence electrons. The second-order valence-electron chi connectivity index (χ2n) is 3.90. The number of halogens is 4. The molecule has 18 heavy (non-hydrogen) atoms. The predicted molar refractivity (Wildman–Crippen MR) is 64.5 cm³/mol. The van der Waals surface area contributed by atoms with E-state index >= 15 is 0 Å². The van der Waals surface area contributed by atoms with Crippen molar-refractivity contribution in [2.75, 3.05) is 26.7 Å². The fraction of sp³-hybridized carbons (Fsp3) is 0.545. The van der Waals surface area contributed by atoms with Gasteiger partial charge in [-0.05, 0) is 13.1 Å². The molecule has 1 heterocycles. The third-order valence-electron chi connectivity index (χ3n) is 2.32. The van der Waals surface area contributed by atoms with Crippen molar-refractivity contribution in [2.45, 2.75) is 12.7 Å². The third kappa shape index (κ3) is 5.66. The van der Waals surface area contributed by atoms with Crippen molar-refractivity contribution in [1.29, 1.82) is 0 Å². The molecule has 0 unspecified atom stereocenters. The Morgan fingerprint density at radius 2 is 2.17 bits per heavy atom. The molecule has 1 N–H and O–H groups in total. The Balaban J connectivity index is 2.69. The summed E-state index contributed by atoms with van der Waals surface area (Å²) in [5, 5.41) is 3.26. The summed E-state index contributed by atoms with van der Waals surface area (Å²) in [5.41, 5.74) is 0.597. The quantitative estimate of drug-likeness (QED) is 0.867. The Hall–Kier alpha value is -0.850. The maximum absolute atomic E-state index is 12.4. The molecular formula is C11H15ClF3N3. The number of nitrogens with one attached hydrogen (secondary N) is 1. The molecule has 0 aliphatic carbocycles. The lowest BCUT2D eigenvalue weighted by atomic mass is 10.2. The van der Waals surface area contributed by atoms with Crippen LogP contribution in [0.15, 0.2) is 18.5 Å². The third-order valence-corrected chi connectivity index (χ3v) is 2.69. The number of hydrogen-bond acceptors (Lipinski definition) is 3. The van der Waals surface area contributed by atoms with Crippen LogP contribution in [-0.2, 0) is 6.54 Å². The van der Waals surface area contributed by atoms with Crippen molar-refractivity contribution in [3.63, 3.8) is 0 Å². The summed E-state index contributed by atoms with van der Waals surface area (Å²) >= 11 is 5.91. The minimum Gasteiger partial charge on any atom is -0.318 e. The van der Waals surface area contributed by atoms with Gasteiger partial charge in [0.15, 0.2) is 0 Å². The number of hydrogen-bond donors (Lipinski definition) is 1. The van der Waals surface area contributed by atoms with Crippen molar-refractivity contribution in [1.82, 2.24) is 15.2 Å². The highest BCUT2D eigenvalue weighted by atomic mass is 35.5. The lowest BCUT2D eigenvalue weighted by Gasteiger charge is -2.23. The lowest BCUT2D eigenvalue weighted by molar-refractivity contribution is -0.146. The molecule has 0 saturated heterocycles. The van der Waals surface area contributed by atoms with E-state index in [-0.39, 0.29) is 6.54 Å². The van der Waals surface area contributed by atoms with Gasteiger partial charge in [-0.15, -0.1) is 0 Å². The lowest BCUT2D eigenvalue weighted by Crippen LogP contribution is -2.37. The van der Waals surface area contributed by atoms with E-state index in [0.29, 0.717) is 23.7 Å². The standard InChI is InChI=1S/C11H15ClF3N3/c1-16-4-5-18(8-11(13,14)15)7-9-6-17-3-2-10(9)12/h2-3,6,16H,4-5,7-8H2,1H3. The molecule has 0 aliphatic rings. The molecule has 0 aliphatic heterocycles. The SMILES string of the molecule is CNCCN(Cc1cnccc1Cl)CC(F)(F)F. The van der Waals surface area contributed by atoms with Crippen LogP contribution in [0.4, 0.5) is 13.2 Å². The second-order valence-corrected chi connectivity index (χ2v) is 4.30. The van der Waals surface area contributed by atoms with Crippen LogP contribution in [-0.4, -0.2) is 42.7 Å². The van der Waals surface area contributed by atoms with E-state index in [1.54, 1.807) is 13.1 Å². The van der Waals surface area contributed by atoms with Crippen molar-refractivity contribution < 1.29 is 13.2 Å². The van der Waals surface area contributed by atoms with Crippen LogP contribution < -0.4 is 5.32 Å². The highest BCUT2D eigenvalue weighted by Crippen LogP contribution is 2.20. The first-order valence-electron chi connectivity index (χ1n) is 5.44. The van der Waals surface area contributed by atoms with Gasteiger partial charge in [0.25, 0.3) is 0 Å². The van der Waals surface area contributed by atoms with Gasteiger partial charge in [-0.3, -0.25) is 9.88 Å². The largest absolute Gasteiger partial charge is 0.401 e. The summed E-state index contributed by atoms with van der Waals surface area (Å²) in [6.07, 6.45) is -1.22. The molecule has 0 amide bonds. The molecule has 0 radical (unpaired) electrons. The smallest absolute Gasteiger partial charge is 0.318 e. The Bertz CT molecular complexity index is 371. The Kier molecular flexibility index (Phi) is 5.84. The van der Waals surface area contributed by atoms with Gasteiger partial charge in [-0.25, -0.2) is 0 Å². The van der Waals surface area contributed by atoms with Crippen LogP contribution in [0.25, 0.3) is 0 Å². The topological polar surface area (TPSA) is 28.2 Å². The zero-order valence-electron chi connectivity index (χ0n) is 9.97. The van der Waals surface area contributed by atoms with Crippen LogP contribution in [0.1, 0.15) is 5.56 Å². The van der Waals surface area contributed by atoms with E-state index in [1.165, 1.54) is 17.3 Å². The van der Waals surface area contributed by atoms with Crippen LogP contribution >= 0.6 is 11.6 Å². The number of alkyl halides is 3. The molecule has 0 spiro atoms. The Labute approximate surface area is 109 Å². The number of likely N-dealkylation sites (N-methyl/N-ethyl adjacent to an activating group) is 1. The highest BCUT2D eigenvalue weighted by Gasteiger charge is 2.30. The van der Waals surface area contributed by atoms with E-state index in [4.69, 9.17) is 11.6 Å². The summed E-state index contributed by atoms with van der Waals surface area (Å²) in [6, 6.07) is 1.57. The van der Waals surface area contributed by atoms with Gasteiger partial charge in [-0.2, -0.15) is 13.2 Å². The maximum Gasteiger partial charge on any atom is 0.401 e. The maximum atomic E-state index is 12.4. The fourth-order valence-electron chi connectivity index (χ4n) is 1.50. The molecule has 0 aromatic carbocycles. The molecule has 0 fully saturated rings. The van der Waals surface area contributed by atoms with Crippen LogP contribution in [0, 0.1) is 0 Å². The molecule has 0 atom stereocenters. The normalized spacial score (nSPS) is 12.1. The van der Waals surface area contributed by atoms with Gasteiger partial charge in [0.05, 0.1) is 6.54 Å². The number of nitrogens with zero attached hydrogens (tertiary/aromatic N) is 2. The number of pyridine rings is 1. The van der Waals surface area contributed by atoms with Crippen LogP contribution in [0.2, 0.25) is 5.02 Å². The van der Waals surface area contributed by atoms with Crippen molar-refractivity contribution in [3.05, 3.63) is 29.0 Å². The highest BCUT2D eigenvalue weighted by molar-refractivity contribution is 6.31. The van der Waals surface area contributed by atoms with Gasteiger partial charge in [0.2, 0.25) is 0 Å². The first kappa shape index (κ1) is 15.2. The molecular weight excluding hydrogens is 267 g/mol. The van der Waals surface area contributed by atoms with Crippen molar-refractivity contribution in [2.24, 2.45) is 0 Å². The van der Waals surface area contributed by atoms with Gasteiger partial charge < -0.3 is 5.32 Å². The first-order valence-corrected chi connectivity index (χ1v) is 5.82. The van der Waals surface area contributed by atoms with Gasteiger partial charge >= 0.3 is 6.18 Å². The van der Waals surface area contributed by atoms with E-state index < -0.39 is 12.7 Å². The second kappa shape index (κ2) is 6.92. The minimum atomic E-state index is -4.22. The summed E-state index contributed by atoms with van der Waals surface area (Å²) in [6.45, 7) is -0.0526. The fourth-order valence-corrected chi connectivity index (χ4v) is 1.67. The first-order chi connectivity index (χ1) is 8.42. The molecule has 1 aromatic heterocycles. The monoisotopic (exact) mass is 281 g/mol. The molecule has 7 heteroatoms. The average Bonchev–Trinajstić information content (AvgIpc) is 2.27. The molecule has 3 nitrogen and oxygen atoms in total. The summed E-state index contributed by atoms with van der Waals surface area (Å²) in [5.74, 6) is 0. The van der Waals surface area contributed by atoms with E-state index in [2.05, 4.69) is 10.3 Å². The van der Waals surface area contributed by atoms with Crippen molar-refractivity contribution in [3.8, 4) is 0 Å². The van der Waals surface area contributed by atoms with E-state index in [0.717, 1.165) is 0 Å². The zero-order valence-corrected chi connectivity index (χ0v) is 10.7. The van der Waals surface area contributed by atoms with Gasteiger partial charge in [0, 0.05) is 42.6 Å². The van der Waals surface area contributed by atoms with Gasteiger partial charge in [0.1, 0.15) is 0 Å². The predicted octanol–water partition coefficient (Wildman–Crippen LogP) is 2.32. The van der Waals surface area contributed by atoms with Gasteiger partial charge in [-0.1, -0.05) is 11.6 Å². The average molecular weight is 282 g/mol. The minimum absolute atomic E-state index is 0.133. The number of aromatic nitrogens is 1. The van der Waals surface area contributed by atoms with Crippen LogP contribution in [0.5, 0.6) is 0 Å². The summed E-state index contributed by atoms with van der Waals surface area (Å²) < 4.78 is 37.3. The van der Waals surface area contributed by atoms with E-state index in [9.17, 15) is 13.2 Å². The van der Waals surface area contributed by atoms with E-state index in [1.807, 2.05) is 0 Å². The summed E-state index contributed by atoms with van der Waals surface area (Å²) in [7, 11) is 1.70. The Morgan fingerprint density at radius 3 is 2.72 bits per heavy atom. The zero-order chi connectivity index (χ0) is 13.6. The van der Waals surface area contributed by atoms with Crippen molar-refractivity contribution >= 4 is 11.6 Å². The molecule has 1 rings (SSSR count). The van der Waals surface area contributed by atoms with Crippen LogP contribution in [0.3, 0.4) is 0 Å². The Morgan fingerprint density at radius 1 is 1.44 bits per heavy atom.